The largest absolute Gasteiger partial charge is 1.00 e. The fraction of sp³-hybridized carbons (Fsp3) is 0.529. The van der Waals surface area contributed by atoms with Gasteiger partial charge in [0.05, 0.1) is 11.3 Å². The lowest BCUT2D eigenvalue weighted by molar-refractivity contribution is -0.439. The fourth-order valence-corrected chi connectivity index (χ4v) is 2.92. The highest BCUT2D eigenvalue weighted by Gasteiger charge is 2.42. The molecule has 1 N–H and O–H groups in total. The molecule has 21 heavy (non-hydrogen) atoms. The average molecular weight is 354 g/mol. The van der Waals surface area contributed by atoms with Crippen molar-refractivity contribution >= 4 is 17.4 Å². The van der Waals surface area contributed by atoms with Crippen LogP contribution in [0.5, 0.6) is 0 Å². The van der Waals surface area contributed by atoms with E-state index in [0.717, 1.165) is 19.4 Å². The monoisotopic (exact) mass is 353 g/mol. The highest BCUT2D eigenvalue weighted by Crippen LogP contribution is 2.39. The van der Waals surface area contributed by atoms with E-state index in [4.69, 9.17) is 5.11 Å². The Kier molecular flexibility index (Phi) is 5.74. The van der Waals surface area contributed by atoms with Gasteiger partial charge in [0, 0.05) is 25.0 Å². The van der Waals surface area contributed by atoms with Gasteiger partial charge in [0.25, 0.3) is 0 Å². The first kappa shape index (κ1) is 17.9. The number of halogens is 1. The van der Waals surface area contributed by atoms with Crippen LogP contribution in [0.1, 0.15) is 46.1 Å². The van der Waals surface area contributed by atoms with Crippen molar-refractivity contribution in [1.82, 2.24) is 0 Å². The first-order valence-electron chi connectivity index (χ1n) is 7.29. The summed E-state index contributed by atoms with van der Waals surface area (Å²) in [6.45, 7) is 9.35. The van der Waals surface area contributed by atoms with E-state index in [1.54, 1.807) is 6.92 Å². The second-order valence-corrected chi connectivity index (χ2v) is 6.26. The van der Waals surface area contributed by atoms with E-state index < -0.39 is 5.97 Å². The highest BCUT2D eigenvalue weighted by molar-refractivity contribution is 5.93. The molecular weight excluding hydrogens is 330 g/mol. The summed E-state index contributed by atoms with van der Waals surface area (Å²) >= 11 is 0. The molecule has 0 saturated heterocycles. The zero-order valence-corrected chi connectivity index (χ0v) is 14.8. The van der Waals surface area contributed by atoms with Crippen molar-refractivity contribution in [3.63, 3.8) is 0 Å². The fourth-order valence-electron chi connectivity index (χ4n) is 2.92. The van der Waals surface area contributed by atoms with Crippen molar-refractivity contribution in [2.45, 2.75) is 46.0 Å². The van der Waals surface area contributed by atoms with E-state index in [-0.39, 0.29) is 28.3 Å². The van der Waals surface area contributed by atoms with Crippen LogP contribution in [-0.2, 0) is 10.2 Å². The van der Waals surface area contributed by atoms with Gasteiger partial charge in [0.2, 0.25) is 5.69 Å². The third kappa shape index (κ3) is 3.37. The molecule has 4 heteroatoms. The summed E-state index contributed by atoms with van der Waals surface area (Å²) in [7, 11) is 0. The van der Waals surface area contributed by atoms with Crippen LogP contribution < -0.4 is 17.0 Å². The standard InChI is InChI=1S/C17H23NO2.BrH/c1-12(16(19)20)8-7-11-18-13(2)17(3,4)14-9-5-6-10-15(14)18;/h5-6,9-10,12H,7-8,11H2,1-4H3;1H. The predicted molar refractivity (Wildman–Crippen MR) is 81.0 cm³/mol. The molecule has 3 nitrogen and oxygen atoms in total. The first-order valence-corrected chi connectivity index (χ1v) is 7.29. The van der Waals surface area contributed by atoms with Crippen LogP contribution in [0.4, 0.5) is 5.69 Å². The lowest BCUT2D eigenvalue weighted by Crippen LogP contribution is -3.00. The summed E-state index contributed by atoms with van der Waals surface area (Å²) in [6, 6.07) is 8.51. The zero-order chi connectivity index (χ0) is 14.9. The minimum atomic E-state index is -0.701. The quantitative estimate of drug-likeness (QED) is 0.787. The molecule has 0 aliphatic carbocycles. The molecule has 1 atom stereocenters. The van der Waals surface area contributed by atoms with Gasteiger partial charge >= 0.3 is 5.97 Å². The Morgan fingerprint density at radius 3 is 2.57 bits per heavy atom. The van der Waals surface area contributed by atoms with Crippen LogP contribution in [0, 0.1) is 5.92 Å². The minimum absolute atomic E-state index is 0. The third-order valence-electron chi connectivity index (χ3n) is 4.62. The second kappa shape index (κ2) is 6.73. The second-order valence-electron chi connectivity index (χ2n) is 6.26. The van der Waals surface area contributed by atoms with Crippen molar-refractivity contribution in [2.75, 3.05) is 6.54 Å². The molecule has 1 unspecified atom stereocenters. The number of hydrogen-bond donors (Lipinski definition) is 1. The smallest absolute Gasteiger partial charge is 0.306 e. The lowest BCUT2D eigenvalue weighted by Gasteiger charge is -2.14. The van der Waals surface area contributed by atoms with Crippen molar-refractivity contribution in [3.05, 3.63) is 29.8 Å². The number of carboxylic acids is 1. The molecule has 0 amide bonds. The summed E-state index contributed by atoms with van der Waals surface area (Å²) in [5.41, 5.74) is 4.05. The van der Waals surface area contributed by atoms with Gasteiger partial charge in [-0.1, -0.05) is 25.1 Å². The number of hydrogen-bond acceptors (Lipinski definition) is 1. The Bertz CT molecular complexity index is 564. The third-order valence-corrected chi connectivity index (χ3v) is 4.62. The van der Waals surface area contributed by atoms with E-state index in [0.29, 0.717) is 0 Å². The molecular formula is C17H24BrNO2. The van der Waals surface area contributed by atoms with Crippen LogP contribution in [0.3, 0.4) is 0 Å². The number of carbonyl (C=O) groups is 1. The van der Waals surface area contributed by atoms with Gasteiger partial charge < -0.3 is 22.1 Å². The molecule has 0 radical (unpaired) electrons. The molecule has 1 heterocycles. The van der Waals surface area contributed by atoms with E-state index in [1.807, 2.05) is 0 Å². The Morgan fingerprint density at radius 2 is 1.95 bits per heavy atom. The number of rotatable bonds is 5. The van der Waals surface area contributed by atoms with Gasteiger partial charge in [-0.3, -0.25) is 4.79 Å². The number of benzene rings is 1. The minimum Gasteiger partial charge on any atom is -1.00 e. The predicted octanol–water partition coefficient (Wildman–Crippen LogP) is 0.588. The number of fused-ring (bicyclic) bond motifs is 1. The molecule has 116 valence electrons. The van der Waals surface area contributed by atoms with E-state index in [2.05, 4.69) is 49.6 Å². The SMILES string of the molecule is CC1=[N+](CCCC(C)C(=O)O)c2ccccc2C1(C)C.[Br-]. The van der Waals surface area contributed by atoms with E-state index in [9.17, 15) is 4.79 Å². The molecule has 0 bridgehead atoms. The summed E-state index contributed by atoms with van der Waals surface area (Å²) in [5, 5.41) is 8.95. The van der Waals surface area contributed by atoms with Gasteiger partial charge in [0.15, 0.2) is 5.71 Å². The van der Waals surface area contributed by atoms with Crippen molar-refractivity contribution in [2.24, 2.45) is 5.92 Å². The van der Waals surface area contributed by atoms with Crippen LogP contribution >= 0.6 is 0 Å². The number of carboxylic acid groups (broad SMARTS) is 1. The molecule has 1 aromatic rings. The van der Waals surface area contributed by atoms with Gasteiger partial charge in [-0.25, -0.2) is 0 Å². The van der Waals surface area contributed by atoms with Crippen molar-refractivity contribution < 1.29 is 31.5 Å². The maximum atomic E-state index is 10.9. The highest BCUT2D eigenvalue weighted by atomic mass is 79.9. The molecule has 1 aliphatic rings. The summed E-state index contributed by atoms with van der Waals surface area (Å²) in [5.74, 6) is -0.964. The maximum absolute atomic E-state index is 10.9. The summed E-state index contributed by atoms with van der Waals surface area (Å²) < 4.78 is 2.35. The molecule has 0 fully saturated rings. The molecule has 2 rings (SSSR count). The molecule has 0 aromatic heterocycles. The van der Waals surface area contributed by atoms with Gasteiger partial charge in [0.1, 0.15) is 6.54 Å². The van der Waals surface area contributed by atoms with Gasteiger partial charge in [-0.05, 0) is 20.3 Å². The van der Waals surface area contributed by atoms with Gasteiger partial charge in [-0.15, -0.1) is 0 Å². The topological polar surface area (TPSA) is 40.3 Å². The Balaban J connectivity index is 0.00000220. The van der Waals surface area contributed by atoms with E-state index in [1.165, 1.54) is 17.0 Å². The van der Waals surface area contributed by atoms with E-state index >= 15 is 0 Å². The molecule has 1 aliphatic heterocycles. The van der Waals surface area contributed by atoms with Gasteiger partial charge in [-0.2, -0.15) is 4.58 Å². The van der Waals surface area contributed by atoms with Crippen LogP contribution in [0.25, 0.3) is 0 Å². The van der Waals surface area contributed by atoms with Crippen LogP contribution in [0.15, 0.2) is 24.3 Å². The average Bonchev–Trinajstić information content (AvgIpc) is 2.60. The summed E-state index contributed by atoms with van der Waals surface area (Å²) in [6.07, 6.45) is 1.62. The summed E-state index contributed by atoms with van der Waals surface area (Å²) in [4.78, 5) is 10.9. The molecule has 0 spiro atoms. The lowest BCUT2D eigenvalue weighted by atomic mass is 9.82. The number of aliphatic carboxylic acids is 1. The van der Waals surface area contributed by atoms with Crippen LogP contribution in [0.2, 0.25) is 0 Å². The molecule has 1 aromatic carbocycles. The Morgan fingerprint density at radius 1 is 1.33 bits per heavy atom. The maximum Gasteiger partial charge on any atom is 0.306 e. The number of para-hydroxylation sites is 1. The van der Waals surface area contributed by atoms with Crippen LogP contribution in [-0.4, -0.2) is 27.9 Å². The zero-order valence-electron chi connectivity index (χ0n) is 13.2. The first-order chi connectivity index (χ1) is 9.35. The Labute approximate surface area is 137 Å². The normalized spacial score (nSPS) is 17.1. The Hall–Kier alpha value is -1.16. The number of nitrogens with zero attached hydrogens (tertiary/aromatic N) is 1. The van der Waals surface area contributed by atoms with Crippen molar-refractivity contribution in [3.8, 4) is 0 Å². The molecule has 0 saturated carbocycles. The van der Waals surface area contributed by atoms with Crippen molar-refractivity contribution in [1.29, 1.82) is 0 Å².